The number of amides is 1. The second-order valence-corrected chi connectivity index (χ2v) is 3.93. The van der Waals surface area contributed by atoms with Gasteiger partial charge in [0.2, 0.25) is 5.91 Å². The maximum atomic E-state index is 12.0. The Labute approximate surface area is 105 Å². The van der Waals surface area contributed by atoms with E-state index in [0.29, 0.717) is 11.6 Å². The molecule has 2 aromatic rings. The second-order valence-electron chi connectivity index (χ2n) is 3.56. The van der Waals surface area contributed by atoms with Gasteiger partial charge in [-0.05, 0) is 12.1 Å². The number of thiol groups is 1. The number of hydrogen-bond donors (Lipinski definition) is 3. The van der Waals surface area contributed by atoms with E-state index >= 15 is 0 Å². The van der Waals surface area contributed by atoms with Gasteiger partial charge in [-0.2, -0.15) is 12.6 Å². The molecule has 0 fully saturated rings. The van der Waals surface area contributed by atoms with E-state index in [1.54, 1.807) is 12.4 Å². The Morgan fingerprint density at radius 1 is 1.41 bits per heavy atom. The molecule has 1 unspecified atom stereocenters. The molecular formula is C12H13N3OS. The highest BCUT2D eigenvalue weighted by Gasteiger charge is 2.21. The number of aromatic nitrogens is 2. The van der Waals surface area contributed by atoms with Crippen molar-refractivity contribution in [2.75, 3.05) is 11.1 Å². The molecule has 17 heavy (non-hydrogen) atoms. The zero-order valence-electron chi connectivity index (χ0n) is 9.13. The molecule has 0 aliphatic heterocycles. The largest absolute Gasteiger partial charge is 0.348 e. The van der Waals surface area contributed by atoms with Crippen molar-refractivity contribution in [2.45, 2.75) is 5.92 Å². The molecule has 0 spiro atoms. The van der Waals surface area contributed by atoms with Crippen LogP contribution in [0.5, 0.6) is 0 Å². The Bertz CT molecular complexity index is 470. The lowest BCUT2D eigenvalue weighted by Gasteiger charge is -2.12. The SMILES string of the molecule is O=C(Nc1ccccc1)C(CS)c1ncc[nH]1. The first kappa shape index (κ1) is 11.7. The first-order valence-corrected chi connectivity index (χ1v) is 5.90. The number of nitrogens with zero attached hydrogens (tertiary/aromatic N) is 1. The van der Waals surface area contributed by atoms with E-state index in [1.165, 1.54) is 0 Å². The Balaban J connectivity index is 2.09. The average molecular weight is 247 g/mol. The molecule has 0 aliphatic rings. The lowest BCUT2D eigenvalue weighted by Crippen LogP contribution is -2.23. The summed E-state index contributed by atoms with van der Waals surface area (Å²) in [5.74, 6) is 0.565. The number of para-hydroxylation sites is 1. The molecule has 0 radical (unpaired) electrons. The van der Waals surface area contributed by atoms with Crippen molar-refractivity contribution >= 4 is 24.2 Å². The van der Waals surface area contributed by atoms with Gasteiger partial charge in [0.15, 0.2) is 0 Å². The minimum atomic E-state index is -0.367. The van der Waals surface area contributed by atoms with E-state index in [0.717, 1.165) is 5.69 Å². The third kappa shape index (κ3) is 2.88. The summed E-state index contributed by atoms with van der Waals surface area (Å²) in [6, 6.07) is 9.33. The highest BCUT2D eigenvalue weighted by atomic mass is 32.1. The monoisotopic (exact) mass is 247 g/mol. The van der Waals surface area contributed by atoms with Crippen LogP contribution in [0.3, 0.4) is 0 Å². The van der Waals surface area contributed by atoms with Gasteiger partial charge in [0.25, 0.3) is 0 Å². The number of nitrogens with one attached hydrogen (secondary N) is 2. The zero-order chi connectivity index (χ0) is 12.1. The van der Waals surface area contributed by atoms with Gasteiger partial charge in [-0.3, -0.25) is 4.79 Å². The maximum Gasteiger partial charge on any atom is 0.235 e. The highest BCUT2D eigenvalue weighted by molar-refractivity contribution is 7.80. The van der Waals surface area contributed by atoms with Crippen LogP contribution in [-0.2, 0) is 4.79 Å². The Morgan fingerprint density at radius 3 is 2.76 bits per heavy atom. The highest BCUT2D eigenvalue weighted by Crippen LogP contribution is 2.16. The van der Waals surface area contributed by atoms with Crippen LogP contribution >= 0.6 is 12.6 Å². The summed E-state index contributed by atoms with van der Waals surface area (Å²) in [5, 5.41) is 2.83. The lowest BCUT2D eigenvalue weighted by atomic mass is 10.1. The fraction of sp³-hybridized carbons (Fsp3) is 0.167. The number of hydrogen-bond acceptors (Lipinski definition) is 3. The standard InChI is InChI=1S/C12H13N3OS/c16-12(15-9-4-2-1-3-5-9)10(8-17)11-13-6-7-14-11/h1-7,10,17H,8H2,(H,13,14)(H,15,16). The topological polar surface area (TPSA) is 57.8 Å². The third-order valence-corrected chi connectivity index (χ3v) is 2.75. The van der Waals surface area contributed by atoms with Crippen LogP contribution < -0.4 is 5.32 Å². The van der Waals surface area contributed by atoms with Crippen molar-refractivity contribution in [3.05, 3.63) is 48.5 Å². The first-order valence-electron chi connectivity index (χ1n) is 5.27. The predicted octanol–water partition coefficient (Wildman–Crippen LogP) is 2.06. The fourth-order valence-corrected chi connectivity index (χ4v) is 1.85. The number of rotatable bonds is 4. The molecule has 0 saturated carbocycles. The molecule has 88 valence electrons. The molecule has 4 nitrogen and oxygen atoms in total. The van der Waals surface area contributed by atoms with E-state index in [1.807, 2.05) is 30.3 Å². The minimum Gasteiger partial charge on any atom is -0.348 e. The minimum absolute atomic E-state index is 0.110. The second kappa shape index (κ2) is 5.54. The van der Waals surface area contributed by atoms with Crippen molar-refractivity contribution in [1.82, 2.24) is 9.97 Å². The van der Waals surface area contributed by atoms with Crippen molar-refractivity contribution in [1.29, 1.82) is 0 Å². The Hall–Kier alpha value is -1.75. The summed E-state index contributed by atoms with van der Waals surface area (Å²) in [6.07, 6.45) is 3.32. The smallest absolute Gasteiger partial charge is 0.235 e. The number of carbonyl (C=O) groups excluding carboxylic acids is 1. The number of imidazole rings is 1. The van der Waals surface area contributed by atoms with Crippen molar-refractivity contribution in [3.8, 4) is 0 Å². The summed E-state index contributed by atoms with van der Waals surface area (Å²) < 4.78 is 0. The number of H-pyrrole nitrogens is 1. The van der Waals surface area contributed by atoms with E-state index in [2.05, 4.69) is 27.9 Å². The van der Waals surface area contributed by atoms with Crippen LogP contribution in [-0.4, -0.2) is 21.6 Å². The molecule has 0 bridgehead atoms. The van der Waals surface area contributed by atoms with Gasteiger partial charge in [-0.15, -0.1) is 0 Å². The number of carbonyl (C=O) groups is 1. The van der Waals surface area contributed by atoms with Gasteiger partial charge in [-0.1, -0.05) is 18.2 Å². The first-order chi connectivity index (χ1) is 8.31. The molecule has 2 rings (SSSR count). The van der Waals surface area contributed by atoms with Gasteiger partial charge in [-0.25, -0.2) is 4.98 Å². The van der Waals surface area contributed by atoms with Crippen LogP contribution in [0.25, 0.3) is 0 Å². The molecule has 1 aromatic carbocycles. The molecule has 1 heterocycles. The van der Waals surface area contributed by atoms with Gasteiger partial charge in [0.1, 0.15) is 11.7 Å². The van der Waals surface area contributed by atoms with Crippen molar-refractivity contribution in [3.63, 3.8) is 0 Å². The number of benzene rings is 1. The summed E-state index contributed by atoms with van der Waals surface area (Å²) in [6.45, 7) is 0. The molecule has 1 amide bonds. The molecule has 1 aromatic heterocycles. The lowest BCUT2D eigenvalue weighted by molar-refractivity contribution is -0.117. The quantitative estimate of drug-likeness (QED) is 0.724. The van der Waals surface area contributed by atoms with Gasteiger partial charge < -0.3 is 10.3 Å². The average Bonchev–Trinajstić information content (AvgIpc) is 2.85. The summed E-state index contributed by atoms with van der Waals surface area (Å²) >= 11 is 4.19. The fourth-order valence-electron chi connectivity index (χ4n) is 1.51. The van der Waals surface area contributed by atoms with E-state index in [9.17, 15) is 4.79 Å². The number of anilines is 1. The van der Waals surface area contributed by atoms with Gasteiger partial charge in [0.05, 0.1) is 0 Å². The Kier molecular flexibility index (Phi) is 3.82. The molecule has 5 heteroatoms. The van der Waals surface area contributed by atoms with Gasteiger partial charge >= 0.3 is 0 Å². The summed E-state index contributed by atoms with van der Waals surface area (Å²) in [5.41, 5.74) is 0.774. The van der Waals surface area contributed by atoms with E-state index in [-0.39, 0.29) is 11.8 Å². The van der Waals surface area contributed by atoms with Crippen molar-refractivity contribution < 1.29 is 4.79 Å². The van der Waals surface area contributed by atoms with Crippen LogP contribution in [0.4, 0.5) is 5.69 Å². The normalized spacial score (nSPS) is 12.1. The van der Waals surface area contributed by atoms with Crippen LogP contribution in [0.1, 0.15) is 11.7 Å². The zero-order valence-corrected chi connectivity index (χ0v) is 10.0. The molecule has 0 aliphatic carbocycles. The molecule has 1 atom stereocenters. The summed E-state index contributed by atoms with van der Waals surface area (Å²) in [4.78, 5) is 19.0. The van der Waals surface area contributed by atoms with Crippen molar-refractivity contribution in [2.24, 2.45) is 0 Å². The third-order valence-electron chi connectivity index (χ3n) is 2.39. The predicted molar refractivity (Wildman–Crippen MR) is 70.3 cm³/mol. The molecule has 0 saturated heterocycles. The molecular weight excluding hydrogens is 234 g/mol. The number of aromatic amines is 1. The summed E-state index contributed by atoms with van der Waals surface area (Å²) in [7, 11) is 0. The van der Waals surface area contributed by atoms with Crippen LogP contribution in [0.15, 0.2) is 42.7 Å². The molecule has 2 N–H and O–H groups in total. The van der Waals surface area contributed by atoms with E-state index < -0.39 is 0 Å². The maximum absolute atomic E-state index is 12.0. The van der Waals surface area contributed by atoms with Gasteiger partial charge in [0, 0.05) is 23.8 Å². The van der Waals surface area contributed by atoms with Crippen LogP contribution in [0.2, 0.25) is 0 Å². The van der Waals surface area contributed by atoms with Crippen LogP contribution in [0, 0.1) is 0 Å². The van der Waals surface area contributed by atoms with E-state index in [4.69, 9.17) is 0 Å². The Morgan fingerprint density at radius 2 is 2.18 bits per heavy atom.